The Hall–Kier alpha value is -3.47. The molecule has 1 amide bonds. The second kappa shape index (κ2) is 8.76. The van der Waals surface area contributed by atoms with Gasteiger partial charge in [0.2, 0.25) is 5.91 Å². The monoisotopic (exact) mass is 362 g/mol. The number of halogens is 1. The number of nitrogens with one attached hydrogen (secondary N) is 1. The van der Waals surface area contributed by atoms with Crippen LogP contribution in [0.5, 0.6) is 11.5 Å². The molecule has 3 rings (SSSR count). The third-order valence-corrected chi connectivity index (χ3v) is 3.86. The summed E-state index contributed by atoms with van der Waals surface area (Å²) in [6, 6.07) is 17.0. The van der Waals surface area contributed by atoms with Gasteiger partial charge >= 0.3 is 0 Å². The zero-order chi connectivity index (χ0) is 19.1. The number of hydrogen-bond donors (Lipinski definition) is 1. The van der Waals surface area contributed by atoms with Crippen molar-refractivity contribution >= 4 is 12.0 Å². The Kier molecular flexibility index (Phi) is 5.94. The van der Waals surface area contributed by atoms with Crippen molar-refractivity contribution in [2.75, 3.05) is 0 Å². The molecule has 0 fully saturated rings. The average Bonchev–Trinajstić information content (AvgIpc) is 2.67. The molecule has 0 aliphatic heterocycles. The van der Waals surface area contributed by atoms with Gasteiger partial charge in [-0.3, -0.25) is 9.78 Å². The van der Waals surface area contributed by atoms with E-state index in [0.717, 1.165) is 5.56 Å². The maximum absolute atomic E-state index is 13.2. The molecule has 2 aromatic carbocycles. The van der Waals surface area contributed by atoms with Crippen molar-refractivity contribution in [3.8, 4) is 11.5 Å². The number of amides is 1. The molecule has 1 N–H and O–H groups in total. The van der Waals surface area contributed by atoms with Crippen LogP contribution in [0.25, 0.3) is 6.08 Å². The molecule has 27 heavy (non-hydrogen) atoms. The van der Waals surface area contributed by atoms with Gasteiger partial charge in [-0.15, -0.1) is 0 Å². The topological polar surface area (TPSA) is 51.2 Å². The van der Waals surface area contributed by atoms with Gasteiger partial charge in [0.05, 0.1) is 12.2 Å². The number of pyridine rings is 1. The molecule has 0 saturated heterocycles. The van der Waals surface area contributed by atoms with E-state index in [1.807, 2.05) is 37.3 Å². The lowest BCUT2D eigenvalue weighted by Gasteiger charge is -2.14. The van der Waals surface area contributed by atoms with Gasteiger partial charge in [0.1, 0.15) is 17.3 Å². The normalized spacial score (nSPS) is 11.9. The highest BCUT2D eigenvalue weighted by Gasteiger charge is 2.09. The molecule has 0 spiro atoms. The average molecular weight is 362 g/mol. The van der Waals surface area contributed by atoms with Gasteiger partial charge in [0.25, 0.3) is 0 Å². The van der Waals surface area contributed by atoms with Gasteiger partial charge in [-0.1, -0.05) is 24.3 Å². The predicted octanol–water partition coefficient (Wildman–Crippen LogP) is 4.90. The van der Waals surface area contributed by atoms with Gasteiger partial charge in [0, 0.05) is 12.3 Å². The number of carbonyl (C=O) groups is 1. The van der Waals surface area contributed by atoms with E-state index >= 15 is 0 Å². The van der Waals surface area contributed by atoms with Crippen molar-refractivity contribution in [1.82, 2.24) is 10.3 Å². The summed E-state index contributed by atoms with van der Waals surface area (Å²) < 4.78 is 18.9. The molecule has 136 valence electrons. The SMILES string of the molecule is C[C@H](NC(=O)C=Cc1cccc(F)c1)c1cccc(Oc2cccnc2)c1. The van der Waals surface area contributed by atoms with Crippen LogP contribution < -0.4 is 10.1 Å². The highest BCUT2D eigenvalue weighted by Crippen LogP contribution is 2.24. The number of benzene rings is 2. The lowest BCUT2D eigenvalue weighted by atomic mass is 10.1. The van der Waals surface area contributed by atoms with Crippen LogP contribution in [0.4, 0.5) is 4.39 Å². The molecule has 0 unspecified atom stereocenters. The maximum atomic E-state index is 13.2. The van der Waals surface area contributed by atoms with Crippen LogP contribution in [0.3, 0.4) is 0 Å². The Bertz CT molecular complexity index is 942. The second-order valence-electron chi connectivity index (χ2n) is 5.98. The van der Waals surface area contributed by atoms with Gasteiger partial charge in [-0.2, -0.15) is 0 Å². The van der Waals surface area contributed by atoms with E-state index in [1.165, 1.54) is 18.2 Å². The molecule has 1 atom stereocenters. The fraction of sp³-hybridized carbons (Fsp3) is 0.0909. The van der Waals surface area contributed by atoms with Crippen LogP contribution in [0.2, 0.25) is 0 Å². The number of hydrogen-bond acceptors (Lipinski definition) is 3. The Morgan fingerprint density at radius 3 is 2.70 bits per heavy atom. The number of nitrogens with zero attached hydrogens (tertiary/aromatic N) is 1. The highest BCUT2D eigenvalue weighted by atomic mass is 19.1. The Balaban J connectivity index is 1.62. The van der Waals surface area contributed by atoms with E-state index in [9.17, 15) is 9.18 Å². The minimum absolute atomic E-state index is 0.216. The van der Waals surface area contributed by atoms with Crippen LogP contribution >= 0.6 is 0 Å². The second-order valence-corrected chi connectivity index (χ2v) is 5.98. The maximum Gasteiger partial charge on any atom is 0.244 e. The quantitative estimate of drug-likeness (QED) is 0.634. The summed E-state index contributed by atoms with van der Waals surface area (Å²) in [5, 5.41) is 2.88. The van der Waals surface area contributed by atoms with Gasteiger partial charge in [-0.05, 0) is 60.5 Å². The van der Waals surface area contributed by atoms with Crippen molar-refractivity contribution in [3.63, 3.8) is 0 Å². The zero-order valence-corrected chi connectivity index (χ0v) is 14.8. The van der Waals surface area contributed by atoms with Crippen molar-refractivity contribution < 1.29 is 13.9 Å². The minimum Gasteiger partial charge on any atom is -0.456 e. The molecule has 4 nitrogen and oxygen atoms in total. The Morgan fingerprint density at radius 1 is 1.11 bits per heavy atom. The lowest BCUT2D eigenvalue weighted by molar-refractivity contribution is -0.117. The first kappa shape index (κ1) is 18.3. The van der Waals surface area contributed by atoms with E-state index in [2.05, 4.69) is 10.3 Å². The van der Waals surface area contributed by atoms with Gasteiger partial charge in [0.15, 0.2) is 0 Å². The summed E-state index contributed by atoms with van der Waals surface area (Å²) in [6.45, 7) is 1.89. The van der Waals surface area contributed by atoms with E-state index in [4.69, 9.17) is 4.74 Å². The van der Waals surface area contributed by atoms with Crippen molar-refractivity contribution in [3.05, 3.63) is 96.1 Å². The largest absolute Gasteiger partial charge is 0.456 e. The van der Waals surface area contributed by atoms with Gasteiger partial charge < -0.3 is 10.1 Å². The summed E-state index contributed by atoms with van der Waals surface area (Å²) in [4.78, 5) is 16.1. The Labute approximate surface area is 157 Å². The first-order valence-corrected chi connectivity index (χ1v) is 8.52. The minimum atomic E-state index is -0.337. The molecular weight excluding hydrogens is 343 g/mol. The molecule has 0 bridgehead atoms. The summed E-state index contributed by atoms with van der Waals surface area (Å²) >= 11 is 0. The van der Waals surface area contributed by atoms with Crippen molar-refractivity contribution in [1.29, 1.82) is 0 Å². The first-order chi connectivity index (χ1) is 13.1. The summed E-state index contributed by atoms with van der Waals surface area (Å²) in [5.41, 5.74) is 1.54. The summed E-state index contributed by atoms with van der Waals surface area (Å²) in [6.07, 6.45) is 6.28. The van der Waals surface area contributed by atoms with Crippen LogP contribution in [0, 0.1) is 5.82 Å². The van der Waals surface area contributed by atoms with Crippen LogP contribution in [0.1, 0.15) is 24.1 Å². The third-order valence-electron chi connectivity index (χ3n) is 3.86. The molecule has 3 aromatic rings. The highest BCUT2D eigenvalue weighted by molar-refractivity contribution is 5.91. The molecule has 0 saturated carbocycles. The number of ether oxygens (including phenoxy) is 1. The van der Waals surface area contributed by atoms with E-state index in [-0.39, 0.29) is 17.8 Å². The summed E-state index contributed by atoms with van der Waals surface area (Å²) in [7, 11) is 0. The van der Waals surface area contributed by atoms with E-state index in [1.54, 1.807) is 36.7 Å². The number of aromatic nitrogens is 1. The zero-order valence-electron chi connectivity index (χ0n) is 14.8. The molecule has 1 heterocycles. The van der Waals surface area contributed by atoms with Gasteiger partial charge in [-0.25, -0.2) is 4.39 Å². The van der Waals surface area contributed by atoms with E-state index < -0.39 is 0 Å². The molecular formula is C22H19FN2O2. The molecule has 5 heteroatoms. The summed E-state index contributed by atoms with van der Waals surface area (Å²) in [5.74, 6) is 0.711. The molecule has 0 radical (unpaired) electrons. The predicted molar refractivity (Wildman–Crippen MR) is 103 cm³/mol. The smallest absolute Gasteiger partial charge is 0.244 e. The fourth-order valence-corrected chi connectivity index (χ4v) is 2.52. The van der Waals surface area contributed by atoms with Crippen LogP contribution in [-0.4, -0.2) is 10.9 Å². The standard InChI is InChI=1S/C22H19FN2O2/c1-16(25-22(26)11-10-17-5-2-7-19(23)13-17)18-6-3-8-20(14-18)27-21-9-4-12-24-15-21/h2-16H,1H3,(H,25,26)/t16-/m0/s1. The van der Waals surface area contributed by atoms with Crippen LogP contribution in [0.15, 0.2) is 79.1 Å². The van der Waals surface area contributed by atoms with E-state index in [0.29, 0.717) is 17.1 Å². The number of rotatable bonds is 6. The third kappa shape index (κ3) is 5.51. The number of carbonyl (C=O) groups excluding carboxylic acids is 1. The fourth-order valence-electron chi connectivity index (χ4n) is 2.52. The molecule has 1 aromatic heterocycles. The van der Waals surface area contributed by atoms with Crippen molar-refractivity contribution in [2.24, 2.45) is 0 Å². The van der Waals surface area contributed by atoms with Crippen LogP contribution in [-0.2, 0) is 4.79 Å². The lowest BCUT2D eigenvalue weighted by Crippen LogP contribution is -2.24. The molecule has 0 aliphatic carbocycles. The Morgan fingerprint density at radius 2 is 1.93 bits per heavy atom. The van der Waals surface area contributed by atoms with Crippen molar-refractivity contribution in [2.45, 2.75) is 13.0 Å². The first-order valence-electron chi connectivity index (χ1n) is 8.52. The molecule has 0 aliphatic rings.